The summed E-state index contributed by atoms with van der Waals surface area (Å²) in [6.45, 7) is 9.04. The molecule has 0 fully saturated rings. The predicted molar refractivity (Wildman–Crippen MR) is 100 cm³/mol. The second-order valence-corrected chi connectivity index (χ2v) is 7.13. The minimum Gasteiger partial charge on any atom is -0.494 e. The maximum absolute atomic E-state index is 11.9. The van der Waals surface area contributed by atoms with E-state index < -0.39 is 5.41 Å². The summed E-state index contributed by atoms with van der Waals surface area (Å²) in [5.74, 6) is 0.0985. The highest BCUT2D eigenvalue weighted by atomic mass is 32.1. The van der Waals surface area contributed by atoms with Crippen LogP contribution < -0.4 is 20.7 Å². The van der Waals surface area contributed by atoms with Gasteiger partial charge in [-0.1, -0.05) is 34.6 Å². The Balaban J connectivity index is 2.82. The van der Waals surface area contributed by atoms with Crippen LogP contribution in [0.2, 0.25) is 0 Å². The maximum atomic E-state index is 11.9. The number of nitrogens with one attached hydrogen (secondary N) is 3. The third-order valence-electron chi connectivity index (χ3n) is 3.15. The van der Waals surface area contributed by atoms with Crippen LogP contribution in [0.1, 0.15) is 34.6 Å². The maximum Gasteiger partial charge on any atom is 0.231 e. The number of benzene rings is 1. The zero-order chi connectivity index (χ0) is 18.5. The number of amides is 2. The molecule has 1 aromatic carbocycles. The minimum atomic E-state index is -0.533. The summed E-state index contributed by atoms with van der Waals surface area (Å²) >= 11 is 5.14. The molecule has 0 aliphatic carbocycles. The molecule has 6 nitrogen and oxygen atoms in total. The number of thiocarbonyl (C=S) groups is 1. The quantitative estimate of drug-likeness (QED) is 0.726. The number of hydrogen-bond donors (Lipinski definition) is 3. The second-order valence-electron chi connectivity index (χ2n) is 6.72. The predicted octanol–water partition coefficient (Wildman–Crippen LogP) is 3.15. The minimum absolute atomic E-state index is 0.0954. The number of methoxy groups -OCH3 is 1. The lowest BCUT2D eigenvalue weighted by Gasteiger charge is -2.19. The van der Waals surface area contributed by atoms with E-state index in [1.54, 1.807) is 39.0 Å². The van der Waals surface area contributed by atoms with Crippen molar-refractivity contribution in [3.05, 3.63) is 18.2 Å². The van der Waals surface area contributed by atoms with Crippen molar-refractivity contribution in [1.29, 1.82) is 0 Å². The molecular formula is C17H25N3O3S. The van der Waals surface area contributed by atoms with E-state index in [4.69, 9.17) is 17.0 Å². The molecule has 2 amide bonds. The van der Waals surface area contributed by atoms with Crippen LogP contribution in [0, 0.1) is 11.3 Å². The van der Waals surface area contributed by atoms with Crippen molar-refractivity contribution >= 4 is 40.5 Å². The van der Waals surface area contributed by atoms with Crippen molar-refractivity contribution in [2.75, 3.05) is 17.7 Å². The van der Waals surface area contributed by atoms with Crippen molar-refractivity contribution in [1.82, 2.24) is 5.32 Å². The van der Waals surface area contributed by atoms with E-state index in [9.17, 15) is 9.59 Å². The van der Waals surface area contributed by atoms with Crippen molar-refractivity contribution in [2.45, 2.75) is 34.6 Å². The average Bonchev–Trinajstić information content (AvgIpc) is 2.47. The first-order chi connectivity index (χ1) is 11.0. The molecule has 3 N–H and O–H groups in total. The lowest BCUT2D eigenvalue weighted by Crippen LogP contribution is -2.41. The number of anilines is 2. The summed E-state index contributed by atoms with van der Waals surface area (Å²) in [6, 6.07) is 5.16. The third-order valence-corrected chi connectivity index (χ3v) is 3.35. The largest absolute Gasteiger partial charge is 0.494 e. The third kappa shape index (κ3) is 5.81. The molecule has 1 rings (SSSR count). The molecule has 0 saturated heterocycles. The SMILES string of the molecule is COc1cc(NC(=S)NC(=O)C(C)(C)C)ccc1NC(=O)C(C)C. The van der Waals surface area contributed by atoms with E-state index in [0.717, 1.165) is 0 Å². The van der Waals surface area contributed by atoms with Gasteiger partial charge in [0.1, 0.15) is 5.75 Å². The van der Waals surface area contributed by atoms with Gasteiger partial charge >= 0.3 is 0 Å². The van der Waals surface area contributed by atoms with Crippen LogP contribution in [-0.2, 0) is 9.59 Å². The van der Waals surface area contributed by atoms with E-state index in [1.165, 1.54) is 7.11 Å². The van der Waals surface area contributed by atoms with Crippen LogP contribution >= 0.6 is 12.2 Å². The monoisotopic (exact) mass is 351 g/mol. The second kappa shape index (κ2) is 8.10. The van der Waals surface area contributed by atoms with E-state index in [1.807, 2.05) is 13.8 Å². The summed E-state index contributed by atoms with van der Waals surface area (Å²) in [4.78, 5) is 23.7. The van der Waals surface area contributed by atoms with Crippen LogP contribution in [-0.4, -0.2) is 24.0 Å². The Morgan fingerprint density at radius 1 is 1.17 bits per heavy atom. The molecule has 0 heterocycles. The Labute approximate surface area is 148 Å². The van der Waals surface area contributed by atoms with Crippen LogP contribution in [0.15, 0.2) is 18.2 Å². The summed E-state index contributed by atoms with van der Waals surface area (Å²) in [5, 5.41) is 8.57. The van der Waals surface area contributed by atoms with Crippen molar-refractivity contribution in [3.63, 3.8) is 0 Å². The zero-order valence-corrected chi connectivity index (χ0v) is 15.8. The van der Waals surface area contributed by atoms with Gasteiger partial charge in [0.15, 0.2) is 5.11 Å². The number of carbonyl (C=O) groups is 2. The first-order valence-corrected chi connectivity index (χ1v) is 8.06. The van der Waals surface area contributed by atoms with Crippen molar-refractivity contribution in [2.24, 2.45) is 11.3 Å². The van der Waals surface area contributed by atoms with Gasteiger partial charge in [0, 0.05) is 23.1 Å². The molecule has 0 aromatic heterocycles. The molecule has 0 unspecified atom stereocenters. The summed E-state index contributed by atoms with van der Waals surface area (Å²) in [5.41, 5.74) is 0.689. The topological polar surface area (TPSA) is 79.5 Å². The van der Waals surface area contributed by atoms with Crippen LogP contribution in [0.4, 0.5) is 11.4 Å². The van der Waals surface area contributed by atoms with E-state index in [-0.39, 0.29) is 22.8 Å². The number of rotatable bonds is 4. The molecule has 0 aliphatic rings. The smallest absolute Gasteiger partial charge is 0.231 e. The summed E-state index contributed by atoms with van der Waals surface area (Å²) in [6.07, 6.45) is 0. The Morgan fingerprint density at radius 2 is 1.79 bits per heavy atom. The molecule has 7 heteroatoms. The Kier molecular flexibility index (Phi) is 6.71. The van der Waals surface area contributed by atoms with Gasteiger partial charge in [0.2, 0.25) is 11.8 Å². The molecule has 0 atom stereocenters. The lowest BCUT2D eigenvalue weighted by molar-refractivity contribution is -0.126. The normalized spacial score (nSPS) is 11.0. The molecular weight excluding hydrogens is 326 g/mol. The molecule has 0 aliphatic heterocycles. The molecule has 0 spiro atoms. The lowest BCUT2D eigenvalue weighted by atomic mass is 9.96. The first-order valence-electron chi connectivity index (χ1n) is 7.66. The van der Waals surface area contributed by atoms with Gasteiger partial charge in [-0.05, 0) is 24.4 Å². The first kappa shape index (κ1) is 19.9. The van der Waals surface area contributed by atoms with E-state index in [2.05, 4.69) is 16.0 Å². The average molecular weight is 351 g/mol. The van der Waals surface area contributed by atoms with Crippen LogP contribution in [0.3, 0.4) is 0 Å². The molecule has 0 radical (unpaired) electrons. The fourth-order valence-corrected chi connectivity index (χ4v) is 1.81. The Morgan fingerprint density at radius 3 is 2.29 bits per heavy atom. The molecule has 132 valence electrons. The van der Waals surface area contributed by atoms with Gasteiger partial charge in [-0.2, -0.15) is 0 Å². The molecule has 1 aromatic rings. The Bertz CT molecular complexity index is 636. The van der Waals surface area contributed by atoms with E-state index >= 15 is 0 Å². The number of ether oxygens (including phenoxy) is 1. The number of carbonyl (C=O) groups excluding carboxylic acids is 2. The van der Waals surface area contributed by atoms with Crippen molar-refractivity contribution in [3.8, 4) is 5.75 Å². The van der Waals surface area contributed by atoms with Crippen molar-refractivity contribution < 1.29 is 14.3 Å². The number of hydrogen-bond acceptors (Lipinski definition) is 4. The highest BCUT2D eigenvalue weighted by Gasteiger charge is 2.22. The fraction of sp³-hybridized carbons (Fsp3) is 0.471. The van der Waals surface area contributed by atoms with E-state index in [0.29, 0.717) is 17.1 Å². The standard InChI is InChI=1S/C17H25N3O3S/c1-10(2)14(21)19-12-8-7-11(9-13(12)23-6)18-16(24)20-15(22)17(3,4)5/h7-10H,1-6H3,(H,19,21)(H2,18,20,22,24). The van der Waals surface area contributed by atoms with Gasteiger partial charge in [0.25, 0.3) is 0 Å². The Hall–Kier alpha value is -2.15. The van der Waals surface area contributed by atoms with Gasteiger partial charge in [-0.3, -0.25) is 9.59 Å². The molecule has 24 heavy (non-hydrogen) atoms. The molecule has 0 bridgehead atoms. The van der Waals surface area contributed by atoms with Gasteiger partial charge in [-0.15, -0.1) is 0 Å². The molecule has 0 saturated carbocycles. The van der Waals surface area contributed by atoms with Crippen LogP contribution in [0.5, 0.6) is 5.75 Å². The highest BCUT2D eigenvalue weighted by Crippen LogP contribution is 2.28. The fourth-order valence-electron chi connectivity index (χ4n) is 1.60. The summed E-state index contributed by atoms with van der Waals surface area (Å²) in [7, 11) is 1.52. The van der Waals surface area contributed by atoms with Gasteiger partial charge < -0.3 is 20.7 Å². The summed E-state index contributed by atoms with van der Waals surface area (Å²) < 4.78 is 5.30. The van der Waals surface area contributed by atoms with Gasteiger partial charge in [0.05, 0.1) is 12.8 Å². The highest BCUT2D eigenvalue weighted by molar-refractivity contribution is 7.80. The van der Waals surface area contributed by atoms with Crippen LogP contribution in [0.25, 0.3) is 0 Å². The van der Waals surface area contributed by atoms with Gasteiger partial charge in [-0.25, -0.2) is 0 Å². The zero-order valence-electron chi connectivity index (χ0n) is 14.9.